The van der Waals surface area contributed by atoms with Crippen LogP contribution in [-0.2, 0) is 11.3 Å². The molecule has 3 rings (SSSR count). The fourth-order valence-corrected chi connectivity index (χ4v) is 3.74. The fraction of sp³-hybridized carbons (Fsp3) is 0.500. The predicted octanol–water partition coefficient (Wildman–Crippen LogP) is 3.39. The van der Waals surface area contributed by atoms with Crippen molar-refractivity contribution in [2.45, 2.75) is 46.2 Å². The lowest BCUT2D eigenvalue weighted by atomic mass is 10.1. The summed E-state index contributed by atoms with van der Waals surface area (Å²) in [6.45, 7) is 8.82. The van der Waals surface area contributed by atoms with Crippen LogP contribution in [0.25, 0.3) is 5.69 Å². The Morgan fingerprint density at radius 2 is 1.97 bits per heavy atom. The smallest absolute Gasteiger partial charge is 0.409 e. The van der Waals surface area contributed by atoms with Gasteiger partial charge in [-0.3, -0.25) is 0 Å². The number of aryl methyl sites for hydroxylation is 2. The van der Waals surface area contributed by atoms with Crippen LogP contribution in [0.5, 0.6) is 0 Å². The molecule has 1 aliphatic rings. The molecule has 0 unspecified atom stereocenters. The van der Waals surface area contributed by atoms with Crippen LogP contribution in [0.2, 0.25) is 0 Å². The highest BCUT2D eigenvalue weighted by Gasteiger charge is 2.23. The Morgan fingerprint density at radius 1 is 1.26 bits per heavy atom. The van der Waals surface area contributed by atoms with E-state index in [1.54, 1.807) is 4.90 Å². The molecular formula is C22H33IN6O2. The zero-order valence-electron chi connectivity index (χ0n) is 18.7. The van der Waals surface area contributed by atoms with E-state index in [1.807, 2.05) is 23.7 Å². The third-order valence-corrected chi connectivity index (χ3v) is 5.25. The van der Waals surface area contributed by atoms with Crippen molar-refractivity contribution in [2.24, 2.45) is 4.99 Å². The molecule has 9 heteroatoms. The zero-order valence-corrected chi connectivity index (χ0v) is 21.1. The maximum Gasteiger partial charge on any atom is 0.409 e. The molecule has 1 amide bonds. The second-order valence-electron chi connectivity index (χ2n) is 7.54. The normalized spacial score (nSPS) is 14.7. The molecule has 0 spiro atoms. The first-order valence-electron chi connectivity index (χ1n) is 10.5. The summed E-state index contributed by atoms with van der Waals surface area (Å²) in [5.74, 6) is 0.789. The van der Waals surface area contributed by atoms with Crippen LogP contribution in [0.4, 0.5) is 4.79 Å². The number of aliphatic imine (C=N–C) groups is 1. The van der Waals surface area contributed by atoms with Gasteiger partial charge >= 0.3 is 6.09 Å². The summed E-state index contributed by atoms with van der Waals surface area (Å²) in [5.41, 5.74) is 4.26. The molecule has 1 aliphatic heterocycles. The Hall–Kier alpha value is -2.30. The number of rotatable bonds is 5. The highest BCUT2D eigenvalue weighted by atomic mass is 127. The number of likely N-dealkylation sites (tertiary alicyclic amines) is 1. The van der Waals surface area contributed by atoms with Gasteiger partial charge in [0.1, 0.15) is 0 Å². The van der Waals surface area contributed by atoms with Gasteiger partial charge in [0.05, 0.1) is 25.0 Å². The van der Waals surface area contributed by atoms with Crippen LogP contribution in [0, 0.1) is 13.8 Å². The molecule has 31 heavy (non-hydrogen) atoms. The van der Waals surface area contributed by atoms with Gasteiger partial charge in [-0.15, -0.1) is 24.0 Å². The average Bonchev–Trinajstić information content (AvgIpc) is 3.10. The number of guanidine groups is 1. The first-order chi connectivity index (χ1) is 14.5. The Labute approximate surface area is 201 Å². The number of carbonyl (C=O) groups excluding carboxylic acids is 1. The lowest BCUT2D eigenvalue weighted by molar-refractivity contribution is 0.111. The van der Waals surface area contributed by atoms with Gasteiger partial charge in [-0.05, 0) is 51.3 Å². The van der Waals surface area contributed by atoms with E-state index < -0.39 is 0 Å². The number of amides is 1. The van der Waals surface area contributed by atoms with E-state index in [0.717, 1.165) is 48.0 Å². The summed E-state index contributed by atoms with van der Waals surface area (Å²) in [4.78, 5) is 18.2. The minimum Gasteiger partial charge on any atom is -0.453 e. The summed E-state index contributed by atoms with van der Waals surface area (Å²) < 4.78 is 6.79. The Bertz CT molecular complexity index is 890. The van der Waals surface area contributed by atoms with Crippen LogP contribution in [-0.4, -0.2) is 59.5 Å². The first kappa shape index (κ1) is 25.0. The SMILES string of the molecule is CCNC(=NCc1ccccc1-n1nc(C)cc1C)NC1CCN(C(=O)OC)CC1.I. The van der Waals surface area contributed by atoms with Crippen molar-refractivity contribution in [3.05, 3.63) is 47.3 Å². The fourth-order valence-electron chi connectivity index (χ4n) is 3.74. The van der Waals surface area contributed by atoms with E-state index in [0.29, 0.717) is 19.6 Å². The molecule has 1 aromatic carbocycles. The first-order valence-corrected chi connectivity index (χ1v) is 10.5. The molecule has 2 aromatic rings. The van der Waals surface area contributed by atoms with Gasteiger partial charge in [0, 0.05) is 31.4 Å². The van der Waals surface area contributed by atoms with Gasteiger partial charge in [0.25, 0.3) is 0 Å². The molecule has 2 N–H and O–H groups in total. The standard InChI is InChI=1S/C22H32N6O2.HI/c1-5-23-21(25-19-10-12-27(13-11-19)22(29)30-4)24-15-18-8-6-7-9-20(18)28-17(3)14-16(2)26-28;/h6-9,14,19H,5,10-13,15H2,1-4H3,(H2,23,24,25);1H. The van der Waals surface area contributed by atoms with Crippen molar-refractivity contribution < 1.29 is 9.53 Å². The quantitative estimate of drug-likeness (QED) is 0.345. The second-order valence-corrected chi connectivity index (χ2v) is 7.54. The Morgan fingerprint density at radius 3 is 2.58 bits per heavy atom. The van der Waals surface area contributed by atoms with Crippen molar-refractivity contribution in [1.82, 2.24) is 25.3 Å². The number of aromatic nitrogens is 2. The molecule has 0 radical (unpaired) electrons. The molecule has 0 bridgehead atoms. The van der Waals surface area contributed by atoms with Gasteiger partial charge in [-0.25, -0.2) is 14.5 Å². The number of piperidine rings is 1. The van der Waals surface area contributed by atoms with Gasteiger partial charge in [-0.1, -0.05) is 18.2 Å². The lowest BCUT2D eigenvalue weighted by Gasteiger charge is -2.32. The number of nitrogens with zero attached hydrogens (tertiary/aromatic N) is 4. The Kier molecular flexibility index (Phi) is 9.60. The number of para-hydroxylation sites is 1. The molecule has 2 heterocycles. The monoisotopic (exact) mass is 540 g/mol. The topological polar surface area (TPSA) is 83.8 Å². The second kappa shape index (κ2) is 11.9. The van der Waals surface area contributed by atoms with Crippen LogP contribution in [0.3, 0.4) is 0 Å². The number of benzene rings is 1. The van der Waals surface area contributed by atoms with Crippen molar-refractivity contribution in [3.8, 4) is 5.69 Å². The van der Waals surface area contributed by atoms with Crippen molar-refractivity contribution in [1.29, 1.82) is 0 Å². The molecule has 0 saturated carbocycles. The predicted molar refractivity (Wildman–Crippen MR) is 133 cm³/mol. The third-order valence-electron chi connectivity index (χ3n) is 5.25. The molecule has 1 aromatic heterocycles. The number of nitrogens with one attached hydrogen (secondary N) is 2. The molecule has 0 aliphatic carbocycles. The molecule has 170 valence electrons. The summed E-state index contributed by atoms with van der Waals surface area (Å²) >= 11 is 0. The maximum absolute atomic E-state index is 11.7. The number of carbonyl (C=O) groups is 1. The van der Waals surface area contributed by atoms with E-state index in [9.17, 15) is 4.79 Å². The van der Waals surface area contributed by atoms with Crippen LogP contribution >= 0.6 is 24.0 Å². The molecule has 0 atom stereocenters. The summed E-state index contributed by atoms with van der Waals surface area (Å²) in [6.07, 6.45) is 1.47. The largest absolute Gasteiger partial charge is 0.453 e. The number of hydrogen-bond acceptors (Lipinski definition) is 4. The molecular weight excluding hydrogens is 507 g/mol. The van der Waals surface area contributed by atoms with Crippen LogP contribution in [0.1, 0.15) is 36.7 Å². The van der Waals surface area contributed by atoms with E-state index >= 15 is 0 Å². The maximum atomic E-state index is 11.7. The Balaban J connectivity index is 0.00000341. The van der Waals surface area contributed by atoms with E-state index in [2.05, 4.69) is 47.8 Å². The number of ether oxygens (including phenoxy) is 1. The van der Waals surface area contributed by atoms with Crippen LogP contribution in [0.15, 0.2) is 35.3 Å². The molecule has 1 saturated heterocycles. The van der Waals surface area contributed by atoms with Crippen LogP contribution < -0.4 is 10.6 Å². The van der Waals surface area contributed by atoms with Gasteiger partial charge in [-0.2, -0.15) is 5.10 Å². The highest BCUT2D eigenvalue weighted by Crippen LogP contribution is 2.18. The van der Waals surface area contributed by atoms with E-state index in [-0.39, 0.29) is 36.1 Å². The minimum atomic E-state index is -0.255. The van der Waals surface area contributed by atoms with E-state index in [1.165, 1.54) is 7.11 Å². The zero-order chi connectivity index (χ0) is 21.5. The highest BCUT2D eigenvalue weighted by molar-refractivity contribution is 14.0. The molecule has 8 nitrogen and oxygen atoms in total. The van der Waals surface area contributed by atoms with Gasteiger partial charge in [0.15, 0.2) is 5.96 Å². The number of halogens is 1. The third kappa shape index (κ3) is 6.59. The average molecular weight is 540 g/mol. The summed E-state index contributed by atoms with van der Waals surface area (Å²) in [6, 6.07) is 10.6. The summed E-state index contributed by atoms with van der Waals surface area (Å²) in [5, 5.41) is 11.5. The van der Waals surface area contributed by atoms with Crippen molar-refractivity contribution in [2.75, 3.05) is 26.7 Å². The van der Waals surface area contributed by atoms with Gasteiger partial charge < -0.3 is 20.3 Å². The van der Waals surface area contributed by atoms with E-state index in [4.69, 9.17) is 9.73 Å². The van der Waals surface area contributed by atoms with Crippen molar-refractivity contribution >= 4 is 36.0 Å². The lowest BCUT2D eigenvalue weighted by Crippen LogP contribution is -2.49. The molecule has 1 fully saturated rings. The summed E-state index contributed by atoms with van der Waals surface area (Å²) in [7, 11) is 1.42. The van der Waals surface area contributed by atoms with Crippen molar-refractivity contribution in [3.63, 3.8) is 0 Å². The minimum absolute atomic E-state index is 0. The van der Waals surface area contributed by atoms with Gasteiger partial charge in [0.2, 0.25) is 0 Å². The number of methoxy groups -OCH3 is 1. The number of hydrogen-bond donors (Lipinski definition) is 2.